The quantitative estimate of drug-likeness (QED) is 0.572. The van der Waals surface area contributed by atoms with Crippen LogP contribution in [0.2, 0.25) is 0 Å². The molecule has 0 aromatic carbocycles. The number of rotatable bonds is 0. The Hall–Kier alpha value is -1.33. The molecule has 0 atom stereocenters. The van der Waals surface area contributed by atoms with Gasteiger partial charge in [0, 0.05) is 18.0 Å². The zero-order valence-electron chi connectivity index (χ0n) is 6.62. The summed E-state index contributed by atoms with van der Waals surface area (Å²) in [6.45, 7) is 0. The zero-order valence-corrected chi connectivity index (χ0v) is 6.62. The third-order valence-electron chi connectivity index (χ3n) is 1.84. The van der Waals surface area contributed by atoms with Crippen molar-refractivity contribution in [2.45, 2.75) is 18.4 Å². The van der Waals surface area contributed by atoms with Crippen LogP contribution < -0.4 is 0 Å². The number of hydrogen-bond donors (Lipinski definition) is 1. The average molecular weight is 159 g/mol. The molecule has 1 aromatic rings. The van der Waals surface area contributed by atoms with Crippen LogP contribution in [0.25, 0.3) is 0 Å². The van der Waals surface area contributed by atoms with E-state index >= 15 is 0 Å². The second-order valence-electron chi connectivity index (χ2n) is 3.02. The van der Waals surface area contributed by atoms with Crippen molar-refractivity contribution in [3.63, 3.8) is 0 Å². The van der Waals surface area contributed by atoms with E-state index in [0.29, 0.717) is 0 Å². The molecule has 0 unspecified atom stereocenters. The molecule has 0 saturated heterocycles. The number of pyridine rings is 1. The van der Waals surface area contributed by atoms with Gasteiger partial charge in [0.1, 0.15) is 5.60 Å². The Morgan fingerprint density at radius 1 is 1.33 bits per heavy atom. The van der Waals surface area contributed by atoms with Gasteiger partial charge in [-0.15, -0.1) is 0 Å². The highest BCUT2D eigenvalue weighted by Gasteiger charge is 2.38. The van der Waals surface area contributed by atoms with Crippen LogP contribution in [0.3, 0.4) is 0 Å². The maximum Gasteiger partial charge on any atom is 0.126 e. The van der Waals surface area contributed by atoms with Gasteiger partial charge in [-0.2, -0.15) is 0 Å². The van der Waals surface area contributed by atoms with Gasteiger partial charge in [0.05, 0.1) is 0 Å². The Kier molecular flexibility index (Phi) is 1.60. The van der Waals surface area contributed by atoms with Crippen molar-refractivity contribution in [1.82, 2.24) is 4.98 Å². The van der Waals surface area contributed by atoms with E-state index in [-0.39, 0.29) is 0 Å². The Labute approximate surface area is 71.3 Å². The third-order valence-corrected chi connectivity index (χ3v) is 1.84. The Morgan fingerprint density at radius 2 is 2.00 bits per heavy atom. The minimum atomic E-state index is -0.677. The monoisotopic (exact) mass is 159 g/mol. The first-order chi connectivity index (χ1) is 5.79. The summed E-state index contributed by atoms with van der Waals surface area (Å²) in [5.41, 5.74) is 0.230. The summed E-state index contributed by atoms with van der Waals surface area (Å²) >= 11 is 0. The first-order valence-electron chi connectivity index (χ1n) is 3.94. The van der Waals surface area contributed by atoms with E-state index in [1.807, 2.05) is 12.1 Å². The van der Waals surface area contributed by atoms with Crippen LogP contribution >= 0.6 is 0 Å². The fourth-order valence-electron chi connectivity index (χ4n) is 0.867. The molecular formula is C10H9NO. The van der Waals surface area contributed by atoms with Gasteiger partial charge >= 0.3 is 0 Å². The number of aliphatic hydroxyl groups is 1. The van der Waals surface area contributed by atoms with E-state index in [1.165, 1.54) is 0 Å². The zero-order chi connectivity index (χ0) is 8.44. The predicted octanol–water partition coefficient (Wildman–Crippen LogP) is 0.958. The van der Waals surface area contributed by atoms with Gasteiger partial charge in [0.15, 0.2) is 0 Å². The topological polar surface area (TPSA) is 33.1 Å². The van der Waals surface area contributed by atoms with E-state index in [2.05, 4.69) is 16.8 Å². The molecule has 1 fully saturated rings. The Bertz CT molecular complexity index is 330. The number of nitrogens with zero attached hydrogens (tertiary/aromatic N) is 1. The lowest BCUT2D eigenvalue weighted by Crippen LogP contribution is -2.00. The van der Waals surface area contributed by atoms with Gasteiger partial charge in [-0.3, -0.25) is 4.98 Å². The van der Waals surface area contributed by atoms with Gasteiger partial charge < -0.3 is 5.11 Å². The molecule has 2 rings (SSSR count). The number of aromatic nitrogens is 1. The van der Waals surface area contributed by atoms with Crippen LogP contribution in [-0.2, 0) is 0 Å². The van der Waals surface area contributed by atoms with Crippen molar-refractivity contribution in [2.24, 2.45) is 0 Å². The average Bonchev–Trinajstić information content (AvgIpc) is 2.84. The van der Waals surface area contributed by atoms with Gasteiger partial charge in [-0.05, 0) is 25.0 Å². The molecule has 1 N–H and O–H groups in total. The van der Waals surface area contributed by atoms with Crippen LogP contribution in [0.1, 0.15) is 18.4 Å². The van der Waals surface area contributed by atoms with Crippen molar-refractivity contribution >= 4 is 0 Å². The van der Waals surface area contributed by atoms with Crippen LogP contribution in [0.5, 0.6) is 0 Å². The third kappa shape index (κ3) is 1.63. The second kappa shape index (κ2) is 2.62. The molecule has 2 heteroatoms. The number of hydrogen-bond acceptors (Lipinski definition) is 2. The molecule has 12 heavy (non-hydrogen) atoms. The molecule has 1 heterocycles. The summed E-state index contributed by atoms with van der Waals surface area (Å²) in [4.78, 5) is 3.88. The second-order valence-corrected chi connectivity index (χ2v) is 3.02. The Morgan fingerprint density at radius 3 is 2.58 bits per heavy atom. The highest BCUT2D eigenvalue weighted by molar-refractivity contribution is 5.36. The lowest BCUT2D eigenvalue weighted by atomic mass is 10.2. The van der Waals surface area contributed by atoms with Crippen molar-refractivity contribution < 1.29 is 5.11 Å². The van der Waals surface area contributed by atoms with E-state index in [4.69, 9.17) is 0 Å². The minimum Gasteiger partial charge on any atom is -0.378 e. The maximum atomic E-state index is 9.40. The van der Waals surface area contributed by atoms with Crippen LogP contribution in [0.4, 0.5) is 0 Å². The molecule has 1 aromatic heterocycles. The fourth-order valence-corrected chi connectivity index (χ4v) is 0.867. The smallest absolute Gasteiger partial charge is 0.126 e. The van der Waals surface area contributed by atoms with Crippen molar-refractivity contribution in [1.29, 1.82) is 0 Å². The molecule has 0 spiro atoms. The lowest BCUT2D eigenvalue weighted by molar-refractivity contribution is 0.212. The summed E-state index contributed by atoms with van der Waals surface area (Å²) in [5, 5.41) is 9.40. The highest BCUT2D eigenvalue weighted by atomic mass is 16.3. The summed E-state index contributed by atoms with van der Waals surface area (Å²) in [6.07, 6.45) is 5.01. The molecule has 1 saturated carbocycles. The van der Waals surface area contributed by atoms with Crippen LogP contribution in [0, 0.1) is 11.8 Å². The molecule has 0 bridgehead atoms. The van der Waals surface area contributed by atoms with Gasteiger partial charge in [-0.1, -0.05) is 11.8 Å². The summed E-state index contributed by atoms with van der Waals surface area (Å²) in [6, 6.07) is 3.66. The summed E-state index contributed by atoms with van der Waals surface area (Å²) in [7, 11) is 0. The minimum absolute atomic E-state index is 0.677. The molecular weight excluding hydrogens is 150 g/mol. The van der Waals surface area contributed by atoms with Gasteiger partial charge in [0.25, 0.3) is 0 Å². The van der Waals surface area contributed by atoms with Gasteiger partial charge in [0.2, 0.25) is 0 Å². The van der Waals surface area contributed by atoms with Crippen LogP contribution in [0.15, 0.2) is 24.5 Å². The van der Waals surface area contributed by atoms with Crippen molar-refractivity contribution in [2.75, 3.05) is 0 Å². The first-order valence-corrected chi connectivity index (χ1v) is 3.94. The summed E-state index contributed by atoms with van der Waals surface area (Å²) < 4.78 is 0. The van der Waals surface area contributed by atoms with E-state index in [0.717, 1.165) is 18.4 Å². The molecule has 0 amide bonds. The van der Waals surface area contributed by atoms with Crippen LogP contribution in [-0.4, -0.2) is 15.7 Å². The lowest BCUT2D eigenvalue weighted by Gasteiger charge is -1.92. The molecule has 0 aliphatic heterocycles. The van der Waals surface area contributed by atoms with E-state index in [9.17, 15) is 5.11 Å². The summed E-state index contributed by atoms with van der Waals surface area (Å²) in [5.74, 6) is 5.73. The van der Waals surface area contributed by atoms with Crippen molar-refractivity contribution in [3.8, 4) is 11.8 Å². The highest BCUT2D eigenvalue weighted by Crippen LogP contribution is 2.33. The van der Waals surface area contributed by atoms with Gasteiger partial charge in [-0.25, -0.2) is 0 Å². The SMILES string of the molecule is OC1(C#Cc2ccncc2)CC1. The standard InChI is InChI=1S/C10H9NO/c12-10(5-6-10)4-1-9-2-7-11-8-3-9/h2-3,7-8,12H,5-6H2. The molecule has 0 radical (unpaired) electrons. The maximum absolute atomic E-state index is 9.40. The Balaban J connectivity index is 2.16. The van der Waals surface area contributed by atoms with Crippen molar-refractivity contribution in [3.05, 3.63) is 30.1 Å². The van der Waals surface area contributed by atoms with E-state index in [1.54, 1.807) is 12.4 Å². The molecule has 1 aliphatic carbocycles. The van der Waals surface area contributed by atoms with E-state index < -0.39 is 5.60 Å². The normalized spacial score (nSPS) is 17.8. The molecule has 1 aliphatic rings. The molecule has 2 nitrogen and oxygen atoms in total. The first kappa shape index (κ1) is 7.33. The fraction of sp³-hybridized carbons (Fsp3) is 0.300. The predicted molar refractivity (Wildman–Crippen MR) is 45.3 cm³/mol. The largest absolute Gasteiger partial charge is 0.378 e. The molecule has 60 valence electrons.